The van der Waals surface area contributed by atoms with Gasteiger partial charge in [0.15, 0.2) is 5.11 Å². The summed E-state index contributed by atoms with van der Waals surface area (Å²) in [6, 6.07) is 0. The summed E-state index contributed by atoms with van der Waals surface area (Å²) < 4.78 is 0. The number of likely N-dealkylation sites (N-methyl/N-ethyl adjacent to an activating group) is 2. The molecule has 0 spiro atoms. The summed E-state index contributed by atoms with van der Waals surface area (Å²) in [5.41, 5.74) is 0. The summed E-state index contributed by atoms with van der Waals surface area (Å²) in [6.07, 6.45) is 0. The first kappa shape index (κ1) is 7.47. The monoisotopic (exact) mass is 158 g/mol. The second-order valence-corrected chi connectivity index (χ2v) is 2.64. The Morgan fingerprint density at radius 2 is 2.30 bits per heavy atom. The average molecular weight is 158 g/mol. The van der Waals surface area contributed by atoms with Crippen LogP contribution in [0.2, 0.25) is 0 Å². The minimum atomic E-state index is 0.106. The maximum Gasteiger partial charge on any atom is 0.248 e. The second kappa shape index (κ2) is 2.54. The predicted molar refractivity (Wildman–Crippen MR) is 42.6 cm³/mol. The molecule has 0 bridgehead atoms. The van der Waals surface area contributed by atoms with Crippen molar-refractivity contribution in [2.75, 3.05) is 20.1 Å². The van der Waals surface area contributed by atoms with Crippen molar-refractivity contribution in [3.05, 3.63) is 0 Å². The van der Waals surface area contributed by atoms with Gasteiger partial charge in [0, 0.05) is 13.6 Å². The van der Waals surface area contributed by atoms with Crippen molar-refractivity contribution in [2.24, 2.45) is 0 Å². The number of thiocarbonyl (C=S) groups is 1. The Morgan fingerprint density at radius 3 is 2.50 bits per heavy atom. The molecule has 10 heavy (non-hydrogen) atoms. The molecule has 1 aliphatic rings. The number of amides is 1. The summed E-state index contributed by atoms with van der Waals surface area (Å²) in [5.74, 6) is 0.106. The van der Waals surface area contributed by atoms with Gasteiger partial charge in [0.05, 0.1) is 6.54 Å². The van der Waals surface area contributed by atoms with Crippen LogP contribution >= 0.6 is 12.2 Å². The van der Waals surface area contributed by atoms with E-state index in [1.807, 2.05) is 14.0 Å². The van der Waals surface area contributed by atoms with Crippen molar-refractivity contribution in [3.8, 4) is 0 Å². The fourth-order valence-corrected chi connectivity index (χ4v) is 1.28. The summed E-state index contributed by atoms with van der Waals surface area (Å²) in [7, 11) is 1.83. The van der Waals surface area contributed by atoms with Crippen LogP contribution in [-0.4, -0.2) is 41.0 Å². The fraction of sp³-hybridized carbons (Fsp3) is 0.667. The van der Waals surface area contributed by atoms with Crippen LogP contribution in [0.1, 0.15) is 6.92 Å². The number of hydrogen-bond donors (Lipinski definition) is 0. The molecule has 1 rings (SSSR count). The maximum absolute atomic E-state index is 11.0. The van der Waals surface area contributed by atoms with Gasteiger partial charge in [-0.3, -0.25) is 9.69 Å². The number of carbonyl (C=O) groups is 1. The molecule has 0 radical (unpaired) electrons. The molecule has 1 fully saturated rings. The summed E-state index contributed by atoms with van der Waals surface area (Å²) in [6.45, 7) is 3.04. The Bertz CT molecular complexity index is 181. The Kier molecular flexibility index (Phi) is 1.89. The molecule has 0 aliphatic carbocycles. The molecule has 0 aromatic rings. The highest BCUT2D eigenvalue weighted by Crippen LogP contribution is 2.06. The number of nitrogens with zero attached hydrogens (tertiary/aromatic N) is 2. The molecule has 56 valence electrons. The second-order valence-electron chi connectivity index (χ2n) is 2.28. The van der Waals surface area contributed by atoms with E-state index in [1.165, 1.54) is 0 Å². The largest absolute Gasteiger partial charge is 0.343 e. The first-order valence-electron chi connectivity index (χ1n) is 3.22. The van der Waals surface area contributed by atoms with E-state index in [-0.39, 0.29) is 5.91 Å². The van der Waals surface area contributed by atoms with Gasteiger partial charge in [-0.05, 0) is 19.1 Å². The first-order chi connectivity index (χ1) is 4.66. The Morgan fingerprint density at radius 1 is 1.70 bits per heavy atom. The highest BCUT2D eigenvalue weighted by molar-refractivity contribution is 7.80. The lowest BCUT2D eigenvalue weighted by Gasteiger charge is -2.13. The third-order valence-corrected chi connectivity index (χ3v) is 2.08. The van der Waals surface area contributed by atoms with Gasteiger partial charge in [0.2, 0.25) is 5.91 Å². The molecule has 0 aromatic heterocycles. The zero-order valence-corrected chi connectivity index (χ0v) is 6.94. The highest BCUT2D eigenvalue weighted by Gasteiger charge is 2.28. The van der Waals surface area contributed by atoms with Crippen LogP contribution in [0.3, 0.4) is 0 Å². The first-order valence-corrected chi connectivity index (χ1v) is 3.63. The van der Waals surface area contributed by atoms with Gasteiger partial charge < -0.3 is 4.90 Å². The summed E-state index contributed by atoms with van der Waals surface area (Å²) >= 11 is 4.97. The third kappa shape index (κ3) is 0.988. The van der Waals surface area contributed by atoms with Gasteiger partial charge in [-0.25, -0.2) is 0 Å². The molecular formula is C6H10N2OS. The van der Waals surface area contributed by atoms with Crippen LogP contribution < -0.4 is 0 Å². The van der Waals surface area contributed by atoms with E-state index in [2.05, 4.69) is 0 Å². The van der Waals surface area contributed by atoms with Gasteiger partial charge in [-0.15, -0.1) is 0 Å². The van der Waals surface area contributed by atoms with Crippen molar-refractivity contribution >= 4 is 23.2 Å². The molecule has 0 N–H and O–H groups in total. The summed E-state index contributed by atoms with van der Waals surface area (Å²) in [5, 5.41) is 0.646. The minimum Gasteiger partial charge on any atom is -0.343 e. The SMILES string of the molecule is CCN1C(=O)CN(C)C1=S. The van der Waals surface area contributed by atoms with E-state index in [0.717, 1.165) is 0 Å². The smallest absolute Gasteiger partial charge is 0.248 e. The maximum atomic E-state index is 11.0. The Labute approximate surface area is 65.6 Å². The van der Waals surface area contributed by atoms with Crippen molar-refractivity contribution in [2.45, 2.75) is 6.92 Å². The zero-order valence-electron chi connectivity index (χ0n) is 6.13. The molecule has 1 aliphatic heterocycles. The van der Waals surface area contributed by atoms with Crippen LogP contribution in [-0.2, 0) is 4.79 Å². The van der Waals surface area contributed by atoms with Crippen molar-refractivity contribution in [1.29, 1.82) is 0 Å². The minimum absolute atomic E-state index is 0.106. The quantitative estimate of drug-likeness (QED) is 0.504. The van der Waals surface area contributed by atoms with Crippen LogP contribution in [0, 0.1) is 0 Å². The van der Waals surface area contributed by atoms with Crippen LogP contribution in [0.25, 0.3) is 0 Å². The van der Waals surface area contributed by atoms with Crippen LogP contribution in [0.4, 0.5) is 0 Å². The molecule has 0 aromatic carbocycles. The third-order valence-electron chi connectivity index (χ3n) is 1.55. The lowest BCUT2D eigenvalue weighted by Crippen LogP contribution is -2.30. The number of rotatable bonds is 1. The van der Waals surface area contributed by atoms with E-state index < -0.39 is 0 Å². The summed E-state index contributed by atoms with van der Waals surface area (Å²) in [4.78, 5) is 14.4. The Hall–Kier alpha value is -0.640. The lowest BCUT2D eigenvalue weighted by atomic mass is 10.5. The molecule has 4 heteroatoms. The predicted octanol–water partition coefficient (Wildman–Crippen LogP) is 0.0652. The van der Waals surface area contributed by atoms with Crippen LogP contribution in [0.15, 0.2) is 0 Å². The fourth-order valence-electron chi connectivity index (χ4n) is 0.980. The Balaban J connectivity index is 2.74. The van der Waals surface area contributed by atoms with Gasteiger partial charge in [0.1, 0.15) is 0 Å². The molecule has 1 amide bonds. The van der Waals surface area contributed by atoms with Gasteiger partial charge >= 0.3 is 0 Å². The molecule has 1 heterocycles. The van der Waals surface area contributed by atoms with Crippen molar-refractivity contribution in [3.63, 3.8) is 0 Å². The van der Waals surface area contributed by atoms with E-state index in [9.17, 15) is 4.79 Å². The molecule has 3 nitrogen and oxygen atoms in total. The zero-order chi connectivity index (χ0) is 7.72. The van der Waals surface area contributed by atoms with E-state index in [4.69, 9.17) is 12.2 Å². The van der Waals surface area contributed by atoms with E-state index in [0.29, 0.717) is 18.2 Å². The van der Waals surface area contributed by atoms with Crippen molar-refractivity contribution < 1.29 is 4.79 Å². The molecule has 0 atom stereocenters. The van der Waals surface area contributed by atoms with Gasteiger partial charge in [-0.1, -0.05) is 0 Å². The number of hydrogen-bond acceptors (Lipinski definition) is 2. The normalized spacial score (nSPS) is 19.0. The molecule has 0 unspecified atom stereocenters. The average Bonchev–Trinajstić information content (AvgIpc) is 2.09. The number of carbonyl (C=O) groups excluding carboxylic acids is 1. The van der Waals surface area contributed by atoms with E-state index in [1.54, 1.807) is 9.80 Å². The van der Waals surface area contributed by atoms with Gasteiger partial charge in [-0.2, -0.15) is 0 Å². The molecule has 1 saturated heterocycles. The van der Waals surface area contributed by atoms with Gasteiger partial charge in [0.25, 0.3) is 0 Å². The lowest BCUT2D eigenvalue weighted by molar-refractivity contribution is -0.124. The van der Waals surface area contributed by atoms with Crippen LogP contribution in [0.5, 0.6) is 0 Å². The molecule has 0 saturated carbocycles. The van der Waals surface area contributed by atoms with E-state index >= 15 is 0 Å². The van der Waals surface area contributed by atoms with Crippen molar-refractivity contribution in [1.82, 2.24) is 9.80 Å². The topological polar surface area (TPSA) is 23.6 Å². The molecular weight excluding hydrogens is 148 g/mol. The standard InChI is InChI=1S/C6H10N2OS/c1-3-8-5(9)4-7(2)6(8)10/h3-4H2,1-2H3. The highest BCUT2D eigenvalue weighted by atomic mass is 32.1.